The minimum Gasteiger partial charge on any atom is -0.496 e. The molecule has 3 nitrogen and oxygen atoms in total. The normalized spacial score (nSPS) is 19.4. The molecule has 1 atom stereocenters. The molecule has 1 aromatic carbocycles. The summed E-state index contributed by atoms with van der Waals surface area (Å²) in [5.74, 6) is 1.00. The van der Waals surface area contributed by atoms with Gasteiger partial charge in [0, 0.05) is 12.6 Å². The second-order valence-electron chi connectivity index (χ2n) is 5.42. The van der Waals surface area contributed by atoms with E-state index in [0.29, 0.717) is 6.04 Å². The Bertz CT molecular complexity index is 386. The van der Waals surface area contributed by atoms with E-state index >= 15 is 0 Å². The molecule has 0 bridgehead atoms. The largest absolute Gasteiger partial charge is 0.496 e. The lowest BCUT2D eigenvalue weighted by Gasteiger charge is -2.23. The van der Waals surface area contributed by atoms with Crippen molar-refractivity contribution in [2.45, 2.75) is 38.6 Å². The minimum atomic E-state index is 0.660. The smallest absolute Gasteiger partial charge is 0.122 e. The summed E-state index contributed by atoms with van der Waals surface area (Å²) < 4.78 is 5.41. The second-order valence-corrected chi connectivity index (χ2v) is 5.42. The fraction of sp³-hybridized carbons (Fsp3) is 0.625. The highest BCUT2D eigenvalue weighted by Crippen LogP contribution is 2.19. The van der Waals surface area contributed by atoms with Crippen LogP contribution in [-0.4, -0.2) is 32.8 Å². The molecule has 2 rings (SSSR count). The summed E-state index contributed by atoms with van der Waals surface area (Å²) >= 11 is 0. The predicted octanol–water partition coefficient (Wildman–Crippen LogP) is 2.28. The van der Waals surface area contributed by atoms with Crippen LogP contribution in [0, 0.1) is 6.92 Å². The van der Waals surface area contributed by atoms with Crippen LogP contribution in [0.1, 0.15) is 30.4 Å². The van der Waals surface area contributed by atoms with Crippen molar-refractivity contribution in [3.63, 3.8) is 0 Å². The molecule has 1 fully saturated rings. The fourth-order valence-corrected chi connectivity index (χ4v) is 2.70. The molecule has 1 aliphatic rings. The van der Waals surface area contributed by atoms with Crippen LogP contribution >= 0.6 is 0 Å². The van der Waals surface area contributed by atoms with Crippen LogP contribution < -0.4 is 15.4 Å². The van der Waals surface area contributed by atoms with Gasteiger partial charge in [-0.15, -0.1) is 0 Å². The Balaban J connectivity index is 1.74. The van der Waals surface area contributed by atoms with Crippen molar-refractivity contribution in [2.24, 2.45) is 0 Å². The molecule has 106 valence electrons. The topological polar surface area (TPSA) is 33.3 Å². The molecule has 1 aromatic rings. The van der Waals surface area contributed by atoms with Crippen LogP contribution in [0.5, 0.6) is 5.75 Å². The van der Waals surface area contributed by atoms with Gasteiger partial charge >= 0.3 is 0 Å². The lowest BCUT2D eigenvalue weighted by molar-refractivity contribution is 0.383. The van der Waals surface area contributed by atoms with Gasteiger partial charge in [-0.2, -0.15) is 0 Å². The number of ether oxygens (including phenoxy) is 1. The number of nitrogens with one attached hydrogen (secondary N) is 2. The zero-order valence-corrected chi connectivity index (χ0v) is 12.2. The van der Waals surface area contributed by atoms with E-state index in [4.69, 9.17) is 4.74 Å². The molecule has 1 saturated heterocycles. The fourth-order valence-electron chi connectivity index (χ4n) is 2.70. The quantitative estimate of drug-likeness (QED) is 0.772. The van der Waals surface area contributed by atoms with Gasteiger partial charge in [-0.1, -0.05) is 24.1 Å². The average molecular weight is 262 g/mol. The van der Waals surface area contributed by atoms with E-state index < -0.39 is 0 Å². The Hall–Kier alpha value is -1.06. The zero-order valence-electron chi connectivity index (χ0n) is 12.2. The Morgan fingerprint density at radius 2 is 2.26 bits per heavy atom. The first-order chi connectivity index (χ1) is 9.29. The molecule has 0 saturated carbocycles. The van der Waals surface area contributed by atoms with Gasteiger partial charge < -0.3 is 15.4 Å². The van der Waals surface area contributed by atoms with E-state index in [1.807, 2.05) is 0 Å². The molecule has 2 N–H and O–H groups in total. The number of hydrogen-bond donors (Lipinski definition) is 2. The monoisotopic (exact) mass is 262 g/mol. The molecule has 0 aromatic heterocycles. The van der Waals surface area contributed by atoms with Crippen molar-refractivity contribution in [1.29, 1.82) is 0 Å². The van der Waals surface area contributed by atoms with Crippen molar-refractivity contribution < 1.29 is 4.74 Å². The molecule has 1 aliphatic heterocycles. The maximum absolute atomic E-state index is 5.41. The SMILES string of the molecule is COc1ccc(C)cc1CCNCC1CCCCN1. The van der Waals surface area contributed by atoms with Crippen LogP contribution in [0.3, 0.4) is 0 Å². The molecule has 0 spiro atoms. The second kappa shape index (κ2) is 7.51. The van der Waals surface area contributed by atoms with E-state index in [1.165, 1.54) is 36.9 Å². The summed E-state index contributed by atoms with van der Waals surface area (Å²) in [5, 5.41) is 7.12. The summed E-state index contributed by atoms with van der Waals surface area (Å²) in [7, 11) is 1.74. The van der Waals surface area contributed by atoms with E-state index in [2.05, 4.69) is 35.8 Å². The summed E-state index contributed by atoms with van der Waals surface area (Å²) in [5.41, 5.74) is 2.59. The standard InChI is InChI=1S/C16H26N2O/c1-13-6-7-16(19-2)14(11-13)8-10-17-12-15-5-3-4-9-18-15/h6-7,11,15,17-18H,3-5,8-10,12H2,1-2H3. The first-order valence-corrected chi connectivity index (χ1v) is 7.37. The van der Waals surface area contributed by atoms with Gasteiger partial charge in [-0.25, -0.2) is 0 Å². The molecular formula is C16H26N2O. The highest BCUT2D eigenvalue weighted by atomic mass is 16.5. The predicted molar refractivity (Wildman–Crippen MR) is 79.9 cm³/mol. The van der Waals surface area contributed by atoms with Crippen LogP contribution in [-0.2, 0) is 6.42 Å². The highest BCUT2D eigenvalue weighted by molar-refractivity contribution is 5.37. The number of piperidine rings is 1. The van der Waals surface area contributed by atoms with Gasteiger partial charge in [0.05, 0.1) is 7.11 Å². The molecule has 0 radical (unpaired) electrons. The first-order valence-electron chi connectivity index (χ1n) is 7.37. The zero-order chi connectivity index (χ0) is 13.5. The van der Waals surface area contributed by atoms with Crippen LogP contribution in [0.2, 0.25) is 0 Å². The average Bonchev–Trinajstić information content (AvgIpc) is 2.45. The number of methoxy groups -OCH3 is 1. The van der Waals surface area contributed by atoms with Gasteiger partial charge in [-0.3, -0.25) is 0 Å². The van der Waals surface area contributed by atoms with E-state index in [0.717, 1.165) is 25.3 Å². The maximum Gasteiger partial charge on any atom is 0.122 e. The first kappa shape index (κ1) is 14.4. The third kappa shape index (κ3) is 4.51. The molecule has 0 amide bonds. The van der Waals surface area contributed by atoms with Gasteiger partial charge in [0.15, 0.2) is 0 Å². The summed E-state index contributed by atoms with van der Waals surface area (Å²) in [6.45, 7) is 5.40. The number of rotatable bonds is 6. The molecule has 19 heavy (non-hydrogen) atoms. The van der Waals surface area contributed by atoms with Crippen LogP contribution in [0.25, 0.3) is 0 Å². The Kier molecular flexibility index (Phi) is 5.67. The van der Waals surface area contributed by atoms with Crippen molar-refractivity contribution >= 4 is 0 Å². The van der Waals surface area contributed by atoms with Gasteiger partial charge in [0.1, 0.15) is 5.75 Å². The van der Waals surface area contributed by atoms with Gasteiger partial charge in [0.2, 0.25) is 0 Å². The third-order valence-corrected chi connectivity index (χ3v) is 3.81. The number of aryl methyl sites for hydroxylation is 1. The third-order valence-electron chi connectivity index (χ3n) is 3.81. The van der Waals surface area contributed by atoms with E-state index in [-0.39, 0.29) is 0 Å². The van der Waals surface area contributed by atoms with Gasteiger partial charge in [-0.05, 0) is 50.9 Å². The van der Waals surface area contributed by atoms with Crippen molar-refractivity contribution in [2.75, 3.05) is 26.7 Å². The number of hydrogen-bond acceptors (Lipinski definition) is 3. The lowest BCUT2D eigenvalue weighted by atomic mass is 10.0. The summed E-state index contributed by atoms with van der Waals surface area (Å²) in [6, 6.07) is 7.04. The lowest BCUT2D eigenvalue weighted by Crippen LogP contribution is -2.42. The Labute approximate surface area is 116 Å². The highest BCUT2D eigenvalue weighted by Gasteiger charge is 2.11. The van der Waals surface area contributed by atoms with Crippen molar-refractivity contribution in [3.05, 3.63) is 29.3 Å². The Morgan fingerprint density at radius 3 is 3.00 bits per heavy atom. The molecular weight excluding hydrogens is 236 g/mol. The minimum absolute atomic E-state index is 0.660. The summed E-state index contributed by atoms with van der Waals surface area (Å²) in [4.78, 5) is 0. The number of benzene rings is 1. The molecule has 1 heterocycles. The molecule has 1 unspecified atom stereocenters. The van der Waals surface area contributed by atoms with Gasteiger partial charge in [0.25, 0.3) is 0 Å². The molecule has 3 heteroatoms. The van der Waals surface area contributed by atoms with Crippen LogP contribution in [0.4, 0.5) is 0 Å². The molecule has 0 aliphatic carbocycles. The van der Waals surface area contributed by atoms with Crippen molar-refractivity contribution in [3.8, 4) is 5.75 Å². The van der Waals surface area contributed by atoms with E-state index in [1.54, 1.807) is 7.11 Å². The Morgan fingerprint density at radius 1 is 1.37 bits per heavy atom. The maximum atomic E-state index is 5.41. The van der Waals surface area contributed by atoms with Crippen LogP contribution in [0.15, 0.2) is 18.2 Å². The van der Waals surface area contributed by atoms with Crippen molar-refractivity contribution in [1.82, 2.24) is 10.6 Å². The summed E-state index contributed by atoms with van der Waals surface area (Å²) in [6.07, 6.45) is 5.03. The van der Waals surface area contributed by atoms with E-state index in [9.17, 15) is 0 Å².